The maximum Gasteiger partial charge on any atom is -0.00112 e. The van der Waals surface area contributed by atoms with E-state index >= 15 is 0 Å². The Hall–Kier alpha value is -1.56. The first kappa shape index (κ1) is 11.9. The smallest absolute Gasteiger partial charge is 0.00112 e. The summed E-state index contributed by atoms with van der Waals surface area (Å²) < 4.78 is 0. The van der Waals surface area contributed by atoms with Crippen LogP contribution in [0.4, 0.5) is 0 Å². The zero-order chi connectivity index (χ0) is 12.3. The minimum absolute atomic E-state index is 0.570. The van der Waals surface area contributed by atoms with Gasteiger partial charge in [-0.25, -0.2) is 0 Å². The van der Waals surface area contributed by atoms with E-state index in [9.17, 15) is 0 Å². The van der Waals surface area contributed by atoms with Crippen molar-refractivity contribution in [3.8, 4) is 0 Å². The number of hydrogen-bond donors (Lipinski definition) is 0. The van der Waals surface area contributed by atoms with Crippen molar-refractivity contribution in [2.24, 2.45) is 11.8 Å². The Balaban J connectivity index is 2.12. The van der Waals surface area contributed by atoms with E-state index in [-0.39, 0.29) is 0 Å². The van der Waals surface area contributed by atoms with E-state index in [2.05, 4.69) is 69.0 Å². The van der Waals surface area contributed by atoms with Crippen LogP contribution in [0.5, 0.6) is 0 Å². The van der Waals surface area contributed by atoms with Gasteiger partial charge in [-0.05, 0) is 37.7 Å². The molecule has 0 amide bonds. The summed E-state index contributed by atoms with van der Waals surface area (Å²) in [6.07, 6.45) is 7.82. The average molecular weight is 224 g/mol. The van der Waals surface area contributed by atoms with Gasteiger partial charge >= 0.3 is 0 Å². The van der Waals surface area contributed by atoms with E-state index in [1.165, 1.54) is 23.1 Å². The van der Waals surface area contributed by atoms with Crippen LogP contribution in [0.2, 0.25) is 0 Å². The lowest BCUT2D eigenvalue weighted by Gasteiger charge is -2.06. The molecule has 0 N–H and O–H groups in total. The highest BCUT2D eigenvalue weighted by atomic mass is 14.3. The van der Waals surface area contributed by atoms with Gasteiger partial charge in [-0.1, -0.05) is 59.7 Å². The summed E-state index contributed by atoms with van der Waals surface area (Å²) in [4.78, 5) is 0. The Morgan fingerprint density at radius 2 is 1.71 bits per heavy atom. The lowest BCUT2D eigenvalue weighted by atomic mass is 9.98. The van der Waals surface area contributed by atoms with E-state index < -0.39 is 0 Å². The zero-order valence-corrected chi connectivity index (χ0v) is 10.7. The highest BCUT2D eigenvalue weighted by Gasteiger charge is 2.24. The van der Waals surface area contributed by atoms with Crippen molar-refractivity contribution in [2.75, 3.05) is 0 Å². The standard InChI is InChI=1S/C17H20/c1-4-16-12-17(14(3)13(16)2)11-10-15-8-6-5-7-9-15/h4-11,16-17H,1,12H2,2-3H3/b11-10+. The molecule has 0 heterocycles. The topological polar surface area (TPSA) is 0 Å². The molecule has 2 unspecified atom stereocenters. The van der Waals surface area contributed by atoms with Crippen molar-refractivity contribution >= 4 is 6.08 Å². The van der Waals surface area contributed by atoms with Gasteiger partial charge in [-0.3, -0.25) is 0 Å². The fourth-order valence-corrected chi connectivity index (χ4v) is 2.50. The molecule has 2 atom stereocenters. The van der Waals surface area contributed by atoms with Gasteiger partial charge in [0.15, 0.2) is 0 Å². The summed E-state index contributed by atoms with van der Waals surface area (Å²) >= 11 is 0. The minimum atomic E-state index is 0.570. The van der Waals surface area contributed by atoms with Crippen LogP contribution in [0, 0.1) is 11.8 Å². The van der Waals surface area contributed by atoms with E-state index in [1.54, 1.807) is 0 Å². The fraction of sp³-hybridized carbons (Fsp3) is 0.294. The average Bonchev–Trinajstić information content (AvgIpc) is 2.65. The molecule has 0 aromatic heterocycles. The van der Waals surface area contributed by atoms with Gasteiger partial charge in [-0.2, -0.15) is 0 Å². The molecule has 1 aromatic carbocycles. The minimum Gasteiger partial charge on any atom is -0.102 e. The molecule has 17 heavy (non-hydrogen) atoms. The molecule has 0 bridgehead atoms. The molecule has 2 rings (SSSR count). The molecule has 1 aliphatic carbocycles. The summed E-state index contributed by atoms with van der Waals surface area (Å²) in [5.74, 6) is 1.15. The van der Waals surface area contributed by atoms with Crippen LogP contribution in [0.25, 0.3) is 6.08 Å². The van der Waals surface area contributed by atoms with Gasteiger partial charge in [0.1, 0.15) is 0 Å². The molecular weight excluding hydrogens is 204 g/mol. The maximum absolute atomic E-state index is 3.92. The van der Waals surface area contributed by atoms with Crippen LogP contribution in [0.1, 0.15) is 25.8 Å². The second-order valence-electron chi connectivity index (χ2n) is 4.82. The van der Waals surface area contributed by atoms with Crippen molar-refractivity contribution in [1.29, 1.82) is 0 Å². The lowest BCUT2D eigenvalue weighted by molar-refractivity contribution is 0.653. The van der Waals surface area contributed by atoms with Gasteiger partial charge < -0.3 is 0 Å². The molecule has 0 aliphatic heterocycles. The number of rotatable bonds is 3. The SMILES string of the molecule is C=CC1CC(/C=C/c2ccccc2)C(C)=C1C. The molecule has 0 spiro atoms. The molecule has 0 radical (unpaired) electrons. The second-order valence-corrected chi connectivity index (χ2v) is 4.82. The molecular formula is C17H20. The maximum atomic E-state index is 3.92. The van der Waals surface area contributed by atoms with Crippen molar-refractivity contribution in [3.63, 3.8) is 0 Å². The summed E-state index contributed by atoms with van der Waals surface area (Å²) in [5.41, 5.74) is 4.30. The van der Waals surface area contributed by atoms with E-state index in [0.717, 1.165) is 0 Å². The first-order valence-corrected chi connectivity index (χ1v) is 6.25. The Morgan fingerprint density at radius 3 is 2.29 bits per heavy atom. The van der Waals surface area contributed by atoms with Gasteiger partial charge in [0.25, 0.3) is 0 Å². The van der Waals surface area contributed by atoms with Crippen LogP contribution >= 0.6 is 0 Å². The highest BCUT2D eigenvalue weighted by Crippen LogP contribution is 2.37. The lowest BCUT2D eigenvalue weighted by Crippen LogP contribution is -1.94. The van der Waals surface area contributed by atoms with Crippen LogP contribution in [0.15, 0.2) is 60.2 Å². The predicted molar refractivity (Wildman–Crippen MR) is 75.6 cm³/mol. The van der Waals surface area contributed by atoms with Crippen LogP contribution in [0.3, 0.4) is 0 Å². The molecule has 1 aromatic rings. The predicted octanol–water partition coefficient (Wildman–Crippen LogP) is 4.86. The second kappa shape index (κ2) is 5.18. The Morgan fingerprint density at radius 1 is 1.06 bits per heavy atom. The Bertz CT molecular complexity index is 448. The van der Waals surface area contributed by atoms with Crippen molar-refractivity contribution < 1.29 is 0 Å². The third kappa shape index (κ3) is 2.58. The summed E-state index contributed by atoms with van der Waals surface area (Å²) in [6, 6.07) is 10.5. The van der Waals surface area contributed by atoms with Gasteiger partial charge in [-0.15, -0.1) is 6.58 Å². The van der Waals surface area contributed by atoms with E-state index in [1.807, 2.05) is 0 Å². The zero-order valence-electron chi connectivity index (χ0n) is 10.7. The Kier molecular flexibility index (Phi) is 3.63. The largest absolute Gasteiger partial charge is 0.102 e. The Labute approximate surface area is 104 Å². The molecule has 0 saturated carbocycles. The normalized spacial score (nSPS) is 24.6. The molecule has 0 heteroatoms. The van der Waals surface area contributed by atoms with Crippen molar-refractivity contribution in [2.45, 2.75) is 20.3 Å². The first-order chi connectivity index (χ1) is 8.22. The van der Waals surface area contributed by atoms with Crippen LogP contribution in [-0.2, 0) is 0 Å². The first-order valence-electron chi connectivity index (χ1n) is 6.25. The van der Waals surface area contributed by atoms with Crippen molar-refractivity contribution in [1.82, 2.24) is 0 Å². The summed E-state index contributed by atoms with van der Waals surface area (Å²) in [5, 5.41) is 0. The molecule has 0 nitrogen and oxygen atoms in total. The fourth-order valence-electron chi connectivity index (χ4n) is 2.50. The highest BCUT2D eigenvalue weighted by molar-refractivity contribution is 5.50. The summed E-state index contributed by atoms with van der Waals surface area (Å²) in [6.45, 7) is 8.41. The van der Waals surface area contributed by atoms with Gasteiger partial charge in [0.2, 0.25) is 0 Å². The van der Waals surface area contributed by atoms with Crippen LogP contribution < -0.4 is 0 Å². The number of hydrogen-bond acceptors (Lipinski definition) is 0. The third-order valence-corrected chi connectivity index (χ3v) is 3.85. The molecule has 1 aliphatic rings. The molecule has 88 valence electrons. The van der Waals surface area contributed by atoms with Crippen molar-refractivity contribution in [3.05, 3.63) is 65.8 Å². The molecule has 0 saturated heterocycles. The number of benzene rings is 1. The number of allylic oxidation sites excluding steroid dienone is 4. The third-order valence-electron chi connectivity index (χ3n) is 3.85. The van der Waals surface area contributed by atoms with Crippen LogP contribution in [-0.4, -0.2) is 0 Å². The van der Waals surface area contributed by atoms with E-state index in [0.29, 0.717) is 11.8 Å². The summed E-state index contributed by atoms with van der Waals surface area (Å²) in [7, 11) is 0. The van der Waals surface area contributed by atoms with E-state index in [4.69, 9.17) is 0 Å². The quantitative estimate of drug-likeness (QED) is 0.643. The monoisotopic (exact) mass is 224 g/mol. The molecule has 0 fully saturated rings. The van der Waals surface area contributed by atoms with Gasteiger partial charge in [0, 0.05) is 0 Å². The van der Waals surface area contributed by atoms with Gasteiger partial charge in [0.05, 0.1) is 0 Å².